The second-order valence-corrected chi connectivity index (χ2v) is 11.0. The van der Waals surface area contributed by atoms with Crippen molar-refractivity contribution in [1.29, 1.82) is 0 Å². The summed E-state index contributed by atoms with van der Waals surface area (Å²) in [7, 11) is -7.83. The molecule has 10 heteroatoms. The molecule has 0 N–H and O–H groups in total. The molecule has 1 saturated heterocycles. The second kappa shape index (κ2) is 7.20. The number of aryl methyl sites for hydroxylation is 1. The van der Waals surface area contributed by atoms with Gasteiger partial charge in [0.05, 0.1) is 16.3 Å². The molecule has 0 aliphatic carbocycles. The predicted molar refractivity (Wildman–Crippen MR) is 103 cm³/mol. The third-order valence-electron chi connectivity index (χ3n) is 4.86. The van der Waals surface area contributed by atoms with Gasteiger partial charge in [0.15, 0.2) is 0 Å². The molecule has 1 aliphatic rings. The molecule has 0 radical (unpaired) electrons. The smallest absolute Gasteiger partial charge is 0.207 e. The highest BCUT2D eigenvalue weighted by Gasteiger charge is 2.35. The van der Waals surface area contributed by atoms with Crippen LogP contribution in [0, 0.1) is 19.8 Å². The predicted octanol–water partition coefficient (Wildman–Crippen LogP) is 2.81. The third kappa shape index (κ3) is 3.65. The molecule has 1 aliphatic heterocycles. The Labute approximate surface area is 165 Å². The Morgan fingerprint density at radius 3 is 2.11 bits per heavy atom. The molecule has 3 rings (SSSR count). The van der Waals surface area contributed by atoms with E-state index in [0.717, 1.165) is 16.9 Å². The Hall–Kier alpha value is -1.42. The number of sulfonamides is 1. The van der Waals surface area contributed by atoms with Crippen molar-refractivity contribution in [2.45, 2.75) is 43.4 Å². The summed E-state index contributed by atoms with van der Waals surface area (Å²) in [5.41, 5.74) is 0.254. The fourth-order valence-electron chi connectivity index (χ4n) is 3.27. The van der Waals surface area contributed by atoms with Gasteiger partial charge >= 0.3 is 0 Å². The highest BCUT2D eigenvalue weighted by Crippen LogP contribution is 2.29. The van der Waals surface area contributed by atoms with Crippen molar-refractivity contribution in [3.8, 4) is 0 Å². The van der Waals surface area contributed by atoms with E-state index < -0.39 is 20.0 Å². The van der Waals surface area contributed by atoms with Gasteiger partial charge in [-0.2, -0.15) is 21.9 Å². The molecule has 1 aromatic carbocycles. The zero-order chi connectivity index (χ0) is 20.0. The Bertz CT molecular complexity index is 1050. The summed E-state index contributed by atoms with van der Waals surface area (Å²) in [5, 5.41) is 4.45. The van der Waals surface area contributed by atoms with Gasteiger partial charge in [-0.15, -0.1) is 0 Å². The normalized spacial score (nSPS) is 17.3. The van der Waals surface area contributed by atoms with Crippen LogP contribution in [0.15, 0.2) is 34.1 Å². The third-order valence-corrected chi connectivity index (χ3v) is 8.95. The van der Waals surface area contributed by atoms with Crippen LogP contribution in [0.1, 0.15) is 31.2 Å². The number of halogens is 1. The summed E-state index contributed by atoms with van der Waals surface area (Å²) in [6, 6.07) is 5.67. The summed E-state index contributed by atoms with van der Waals surface area (Å²) in [4.78, 5) is -0.0390. The number of piperidine rings is 1. The van der Waals surface area contributed by atoms with E-state index in [0.29, 0.717) is 24.0 Å². The molecule has 2 heterocycles. The van der Waals surface area contributed by atoms with E-state index in [4.69, 9.17) is 11.6 Å². The average molecular weight is 432 g/mol. The number of hydrogen-bond acceptors (Lipinski definition) is 5. The summed E-state index contributed by atoms with van der Waals surface area (Å²) in [6.45, 7) is 5.93. The van der Waals surface area contributed by atoms with Crippen molar-refractivity contribution in [1.82, 2.24) is 13.5 Å². The quantitative estimate of drug-likeness (QED) is 0.742. The van der Waals surface area contributed by atoms with Crippen molar-refractivity contribution in [3.05, 3.63) is 40.7 Å². The molecular weight excluding hydrogens is 410 g/mol. The molecule has 27 heavy (non-hydrogen) atoms. The lowest BCUT2D eigenvalue weighted by Crippen LogP contribution is -2.38. The lowest BCUT2D eigenvalue weighted by atomic mass is 10.0. The van der Waals surface area contributed by atoms with Crippen molar-refractivity contribution in [3.63, 3.8) is 0 Å². The van der Waals surface area contributed by atoms with Gasteiger partial charge in [0.1, 0.15) is 4.90 Å². The van der Waals surface area contributed by atoms with Gasteiger partial charge in [-0.05, 0) is 56.9 Å². The van der Waals surface area contributed by atoms with Gasteiger partial charge in [-0.1, -0.05) is 18.5 Å². The van der Waals surface area contributed by atoms with E-state index >= 15 is 0 Å². The first kappa shape index (κ1) is 20.3. The van der Waals surface area contributed by atoms with Crippen LogP contribution in [-0.4, -0.2) is 43.4 Å². The van der Waals surface area contributed by atoms with Gasteiger partial charge in [0.2, 0.25) is 10.0 Å². The van der Waals surface area contributed by atoms with E-state index in [-0.39, 0.29) is 21.2 Å². The SMILES string of the molecule is Cc1nn(S(=O)(=O)c2ccc(Cl)cc2)c(C)c1S(=O)(=O)N1CCC(C)CC1. The minimum Gasteiger partial charge on any atom is -0.207 e. The summed E-state index contributed by atoms with van der Waals surface area (Å²) in [5.74, 6) is 0.478. The van der Waals surface area contributed by atoms with E-state index in [2.05, 4.69) is 12.0 Å². The first-order chi connectivity index (χ1) is 12.5. The molecule has 0 bridgehead atoms. The summed E-state index contributed by atoms with van der Waals surface area (Å²) in [6.07, 6.45) is 1.57. The second-order valence-electron chi connectivity index (χ2n) is 6.89. The molecule has 0 saturated carbocycles. The van der Waals surface area contributed by atoms with E-state index in [1.54, 1.807) is 0 Å². The molecule has 2 aromatic rings. The molecule has 0 spiro atoms. The Balaban J connectivity index is 2.06. The van der Waals surface area contributed by atoms with Crippen LogP contribution in [0.4, 0.5) is 0 Å². The van der Waals surface area contributed by atoms with Crippen molar-refractivity contribution < 1.29 is 16.8 Å². The van der Waals surface area contributed by atoms with Crippen LogP contribution in [0.5, 0.6) is 0 Å². The number of aromatic nitrogens is 2. The van der Waals surface area contributed by atoms with E-state index in [1.165, 1.54) is 42.4 Å². The minimum atomic E-state index is -4.02. The fourth-order valence-corrected chi connectivity index (χ4v) is 6.64. The maximum Gasteiger partial charge on any atom is 0.283 e. The van der Waals surface area contributed by atoms with Gasteiger partial charge < -0.3 is 0 Å². The molecule has 148 valence electrons. The van der Waals surface area contributed by atoms with Crippen LogP contribution >= 0.6 is 11.6 Å². The van der Waals surface area contributed by atoms with E-state index in [9.17, 15) is 16.8 Å². The van der Waals surface area contributed by atoms with E-state index in [1.807, 2.05) is 0 Å². The summed E-state index contributed by atoms with van der Waals surface area (Å²) >= 11 is 5.82. The largest absolute Gasteiger partial charge is 0.283 e. The van der Waals surface area contributed by atoms with Crippen LogP contribution in [-0.2, 0) is 20.0 Å². The van der Waals surface area contributed by atoms with Crippen molar-refractivity contribution in [2.75, 3.05) is 13.1 Å². The number of rotatable bonds is 4. The minimum absolute atomic E-state index is 0.00625. The average Bonchev–Trinajstić information content (AvgIpc) is 2.91. The van der Waals surface area contributed by atoms with Crippen LogP contribution in [0.25, 0.3) is 0 Å². The highest BCUT2D eigenvalue weighted by molar-refractivity contribution is 7.90. The lowest BCUT2D eigenvalue weighted by Gasteiger charge is -2.29. The van der Waals surface area contributed by atoms with Crippen molar-refractivity contribution in [2.24, 2.45) is 5.92 Å². The Kier molecular flexibility index (Phi) is 5.42. The highest BCUT2D eigenvalue weighted by atomic mass is 35.5. The van der Waals surface area contributed by atoms with Crippen LogP contribution < -0.4 is 0 Å². The Morgan fingerprint density at radius 1 is 1.00 bits per heavy atom. The maximum absolute atomic E-state index is 13.1. The van der Waals surface area contributed by atoms with Gasteiger partial charge in [0.25, 0.3) is 10.0 Å². The van der Waals surface area contributed by atoms with Gasteiger partial charge in [-0.25, -0.2) is 8.42 Å². The van der Waals surface area contributed by atoms with Crippen molar-refractivity contribution >= 4 is 31.6 Å². The molecular formula is C17H22ClN3O4S2. The number of hydrogen-bond donors (Lipinski definition) is 0. The fraction of sp³-hybridized carbons (Fsp3) is 0.471. The molecule has 0 atom stereocenters. The summed E-state index contributed by atoms with van der Waals surface area (Å²) < 4.78 is 54.3. The zero-order valence-electron chi connectivity index (χ0n) is 15.4. The lowest BCUT2D eigenvalue weighted by molar-refractivity contribution is 0.288. The molecule has 7 nitrogen and oxygen atoms in total. The van der Waals surface area contributed by atoms with Gasteiger partial charge in [-0.3, -0.25) is 0 Å². The molecule has 1 aromatic heterocycles. The monoisotopic (exact) mass is 431 g/mol. The number of nitrogens with zero attached hydrogens (tertiary/aromatic N) is 3. The van der Waals surface area contributed by atoms with Crippen LogP contribution in [0.2, 0.25) is 5.02 Å². The molecule has 0 unspecified atom stereocenters. The molecule has 0 amide bonds. The molecule has 1 fully saturated rings. The van der Waals surface area contributed by atoms with Gasteiger partial charge in [0, 0.05) is 18.1 Å². The van der Waals surface area contributed by atoms with Crippen LogP contribution in [0.3, 0.4) is 0 Å². The first-order valence-corrected chi connectivity index (χ1v) is 11.9. The zero-order valence-corrected chi connectivity index (χ0v) is 17.8. The Morgan fingerprint density at radius 2 is 1.56 bits per heavy atom. The topological polar surface area (TPSA) is 89.3 Å². The maximum atomic E-state index is 13.1. The first-order valence-electron chi connectivity index (χ1n) is 8.62. The standard InChI is InChI=1S/C17H22ClN3O4S2/c1-12-8-10-20(11-9-12)27(24,25)17-13(2)19-21(14(17)3)26(22,23)16-6-4-15(18)5-7-16/h4-7,12H,8-11H2,1-3H3. The number of benzene rings is 1.